The van der Waals surface area contributed by atoms with Crippen LogP contribution in [0.2, 0.25) is 5.02 Å². The summed E-state index contributed by atoms with van der Waals surface area (Å²) >= 11 is 9.91. The second kappa shape index (κ2) is 7.07. The van der Waals surface area contributed by atoms with Crippen LogP contribution in [0.25, 0.3) is 0 Å². The molecule has 146 valence electrons. The predicted molar refractivity (Wildman–Crippen MR) is 109 cm³/mol. The highest BCUT2D eigenvalue weighted by Gasteiger charge is 2.57. The minimum atomic E-state index is -0.830. The lowest BCUT2D eigenvalue weighted by Crippen LogP contribution is -2.53. The number of alkyl halides is 1. The lowest BCUT2D eigenvalue weighted by molar-refractivity contribution is -0.159. The lowest BCUT2D eigenvalue weighted by atomic mass is 9.49. The van der Waals surface area contributed by atoms with Crippen molar-refractivity contribution in [3.8, 4) is 0 Å². The number of carbonyl (C=O) groups excluding carboxylic acids is 2. The fourth-order valence-corrected chi connectivity index (χ4v) is 7.65. The molecule has 0 unspecified atom stereocenters. The number of carbonyl (C=O) groups is 2. The maximum Gasteiger partial charge on any atom is 0.307 e. The van der Waals surface area contributed by atoms with E-state index < -0.39 is 6.10 Å². The van der Waals surface area contributed by atoms with Crippen LogP contribution in [0.3, 0.4) is 0 Å². The first kappa shape index (κ1) is 19.3. The summed E-state index contributed by atoms with van der Waals surface area (Å²) in [7, 11) is 0. The molecule has 0 heterocycles. The number of amides is 1. The molecule has 1 aromatic carbocycles. The van der Waals surface area contributed by atoms with Gasteiger partial charge < -0.3 is 10.1 Å². The smallest absolute Gasteiger partial charge is 0.307 e. The van der Waals surface area contributed by atoms with Crippen LogP contribution in [-0.2, 0) is 14.3 Å². The van der Waals surface area contributed by atoms with Crippen LogP contribution in [0.15, 0.2) is 24.3 Å². The summed E-state index contributed by atoms with van der Waals surface area (Å²) in [4.78, 5) is 25.0. The second-order valence-corrected chi connectivity index (χ2v) is 11.0. The third kappa shape index (κ3) is 4.19. The average molecular weight is 455 g/mol. The molecule has 0 aliphatic heterocycles. The molecule has 4 nitrogen and oxygen atoms in total. The van der Waals surface area contributed by atoms with Crippen molar-refractivity contribution in [2.75, 3.05) is 5.32 Å². The van der Waals surface area contributed by atoms with Crippen molar-refractivity contribution >= 4 is 45.1 Å². The van der Waals surface area contributed by atoms with Gasteiger partial charge in [-0.05, 0) is 80.9 Å². The standard InChI is InChI=1S/C21H25BrClNO3/c1-13(19(26)24-17-4-2-3-16(23)6-17)27-18(25)11-20-7-14-5-15(8-20)10-21(22,9-14)12-20/h2-4,6,13-15H,5,7-12H2,1H3,(H,24,26)/t13-,14-,15-,20?,21?/m1/s1. The summed E-state index contributed by atoms with van der Waals surface area (Å²) in [6, 6.07) is 6.92. The summed E-state index contributed by atoms with van der Waals surface area (Å²) in [6.45, 7) is 1.61. The zero-order chi connectivity index (χ0) is 19.2. The van der Waals surface area contributed by atoms with Gasteiger partial charge in [0, 0.05) is 15.0 Å². The molecule has 0 saturated heterocycles. The third-order valence-electron chi connectivity index (χ3n) is 6.40. The van der Waals surface area contributed by atoms with E-state index in [2.05, 4.69) is 21.2 Å². The topological polar surface area (TPSA) is 55.4 Å². The number of halogens is 2. The molecule has 1 N–H and O–H groups in total. The Morgan fingerprint density at radius 1 is 1.30 bits per heavy atom. The first-order chi connectivity index (χ1) is 12.7. The molecule has 6 heteroatoms. The Balaban J connectivity index is 1.34. The molecule has 0 aromatic heterocycles. The number of ether oxygens (including phenoxy) is 1. The van der Waals surface area contributed by atoms with Crippen LogP contribution >= 0.6 is 27.5 Å². The van der Waals surface area contributed by atoms with Crippen LogP contribution in [0.5, 0.6) is 0 Å². The number of nitrogens with one attached hydrogen (secondary N) is 1. The summed E-state index contributed by atoms with van der Waals surface area (Å²) < 4.78 is 5.70. The van der Waals surface area contributed by atoms with E-state index in [0.29, 0.717) is 17.1 Å². The summed E-state index contributed by atoms with van der Waals surface area (Å²) in [5.41, 5.74) is 0.645. The van der Waals surface area contributed by atoms with Crippen molar-refractivity contribution in [3.63, 3.8) is 0 Å². The Kier molecular flexibility index (Phi) is 5.04. The van der Waals surface area contributed by atoms with E-state index in [1.165, 1.54) is 19.3 Å². The molecule has 27 heavy (non-hydrogen) atoms. The molecule has 1 amide bonds. The van der Waals surface area contributed by atoms with E-state index in [-0.39, 0.29) is 21.6 Å². The Hall–Kier alpha value is -1.07. The minimum Gasteiger partial charge on any atom is -0.453 e. The van der Waals surface area contributed by atoms with Crippen molar-refractivity contribution < 1.29 is 14.3 Å². The first-order valence-corrected chi connectivity index (χ1v) is 10.9. The van der Waals surface area contributed by atoms with Crippen LogP contribution in [0, 0.1) is 17.3 Å². The van der Waals surface area contributed by atoms with Crippen LogP contribution in [0.4, 0.5) is 5.69 Å². The van der Waals surface area contributed by atoms with Gasteiger partial charge in [0.25, 0.3) is 5.91 Å². The van der Waals surface area contributed by atoms with Gasteiger partial charge in [0.15, 0.2) is 6.10 Å². The normalized spacial score (nSPS) is 34.9. The van der Waals surface area contributed by atoms with E-state index in [4.69, 9.17) is 16.3 Å². The van der Waals surface area contributed by atoms with E-state index >= 15 is 0 Å². The highest BCUT2D eigenvalue weighted by molar-refractivity contribution is 9.10. The first-order valence-electron chi connectivity index (χ1n) is 9.69. The quantitative estimate of drug-likeness (QED) is 0.483. The molecule has 0 radical (unpaired) electrons. The van der Waals surface area contributed by atoms with Gasteiger partial charge >= 0.3 is 5.97 Å². The van der Waals surface area contributed by atoms with Gasteiger partial charge in [-0.3, -0.25) is 9.59 Å². The minimum absolute atomic E-state index is 0.0494. The van der Waals surface area contributed by atoms with E-state index in [0.717, 1.165) is 31.1 Å². The van der Waals surface area contributed by atoms with Gasteiger partial charge in [0.05, 0.1) is 6.42 Å². The molecular formula is C21H25BrClNO3. The van der Waals surface area contributed by atoms with Crippen molar-refractivity contribution in [2.24, 2.45) is 17.3 Å². The zero-order valence-corrected chi connectivity index (χ0v) is 17.8. The fraction of sp³-hybridized carbons (Fsp3) is 0.619. The van der Waals surface area contributed by atoms with Crippen molar-refractivity contribution in [2.45, 2.75) is 62.3 Å². The summed E-state index contributed by atoms with van der Waals surface area (Å²) in [5, 5.41) is 3.29. The molecule has 4 fully saturated rings. The second-order valence-electron chi connectivity index (χ2n) is 8.92. The van der Waals surface area contributed by atoms with Gasteiger partial charge in [-0.25, -0.2) is 0 Å². The van der Waals surface area contributed by atoms with Crippen molar-refractivity contribution in [1.82, 2.24) is 0 Å². The van der Waals surface area contributed by atoms with E-state index in [1.54, 1.807) is 31.2 Å². The number of benzene rings is 1. The predicted octanol–water partition coefficient (Wildman–Crippen LogP) is 5.33. The van der Waals surface area contributed by atoms with Crippen LogP contribution in [-0.4, -0.2) is 22.3 Å². The summed E-state index contributed by atoms with van der Waals surface area (Å²) in [6.07, 6.45) is 6.65. The number of anilines is 1. The highest BCUT2D eigenvalue weighted by Crippen LogP contribution is 2.65. The number of hydrogen-bond donors (Lipinski definition) is 1. The Morgan fingerprint density at radius 2 is 2.00 bits per heavy atom. The average Bonchev–Trinajstić information content (AvgIpc) is 2.51. The van der Waals surface area contributed by atoms with E-state index in [1.807, 2.05) is 0 Å². The van der Waals surface area contributed by atoms with E-state index in [9.17, 15) is 9.59 Å². The number of hydrogen-bond acceptors (Lipinski definition) is 3. The number of rotatable bonds is 5. The van der Waals surface area contributed by atoms with Gasteiger partial charge in [-0.2, -0.15) is 0 Å². The highest BCUT2D eigenvalue weighted by atomic mass is 79.9. The lowest BCUT2D eigenvalue weighted by Gasteiger charge is -2.60. The number of esters is 1. The molecule has 4 bridgehead atoms. The molecule has 3 atom stereocenters. The van der Waals surface area contributed by atoms with Gasteiger partial charge in [-0.15, -0.1) is 0 Å². The molecular weight excluding hydrogens is 430 g/mol. The largest absolute Gasteiger partial charge is 0.453 e. The Bertz CT molecular complexity index is 754. The Labute approximate surface area is 173 Å². The molecule has 4 aliphatic rings. The van der Waals surface area contributed by atoms with Gasteiger partial charge in [0.2, 0.25) is 0 Å². The maximum atomic E-state index is 12.6. The van der Waals surface area contributed by atoms with Gasteiger partial charge in [-0.1, -0.05) is 33.6 Å². The third-order valence-corrected chi connectivity index (χ3v) is 7.56. The molecule has 0 spiro atoms. The van der Waals surface area contributed by atoms with Crippen LogP contribution < -0.4 is 5.32 Å². The molecule has 4 saturated carbocycles. The monoisotopic (exact) mass is 453 g/mol. The van der Waals surface area contributed by atoms with Crippen molar-refractivity contribution in [1.29, 1.82) is 0 Å². The fourth-order valence-electron chi connectivity index (χ4n) is 5.95. The van der Waals surface area contributed by atoms with Crippen LogP contribution in [0.1, 0.15) is 51.9 Å². The zero-order valence-electron chi connectivity index (χ0n) is 15.5. The summed E-state index contributed by atoms with van der Waals surface area (Å²) in [5.74, 6) is 0.846. The van der Waals surface area contributed by atoms with Gasteiger partial charge in [0.1, 0.15) is 0 Å². The maximum absolute atomic E-state index is 12.6. The van der Waals surface area contributed by atoms with Crippen molar-refractivity contribution in [3.05, 3.63) is 29.3 Å². The molecule has 4 aliphatic carbocycles. The molecule has 1 aromatic rings. The SMILES string of the molecule is C[C@@H](OC(=O)CC12C[C@H]3C[C@@H](CC(Br)(C3)C1)C2)C(=O)Nc1cccc(Cl)c1. The Morgan fingerprint density at radius 3 is 2.63 bits per heavy atom. The molecule has 5 rings (SSSR count).